The van der Waals surface area contributed by atoms with Gasteiger partial charge in [-0.15, -0.1) is 0 Å². The van der Waals surface area contributed by atoms with E-state index in [4.69, 9.17) is 10.2 Å². The molecule has 0 radical (unpaired) electrons. The third-order valence-electron chi connectivity index (χ3n) is 2.57. The molecule has 0 aliphatic heterocycles. The first-order valence-corrected chi connectivity index (χ1v) is 5.81. The molecule has 1 aromatic rings. The summed E-state index contributed by atoms with van der Waals surface area (Å²) in [6.45, 7) is 6.53. The third kappa shape index (κ3) is 3.37. The van der Waals surface area contributed by atoms with Gasteiger partial charge in [-0.25, -0.2) is 9.59 Å². The predicted octanol–water partition coefficient (Wildman–Crippen LogP) is 0.830. The molecule has 22 heavy (non-hydrogen) atoms. The standard InChI is InChI=1S/C14H12N2O6/c1-3-15-11(17)7-5-8(12(18)16-4-2)10(14(21)22)6-9(7)13(19)20/h3-6H,1-2H2,(H,15,17)(H,16,18)(H,19,20)(H,21,22). The van der Waals surface area contributed by atoms with Gasteiger partial charge in [-0.3, -0.25) is 9.59 Å². The molecular weight excluding hydrogens is 292 g/mol. The maximum atomic E-state index is 11.8. The SMILES string of the molecule is C=CNC(=O)c1cc(C(=O)NC=C)c(C(=O)O)cc1C(=O)O. The largest absolute Gasteiger partial charge is 0.478 e. The first-order valence-electron chi connectivity index (χ1n) is 5.81. The molecular formula is C14H12N2O6. The highest BCUT2D eigenvalue weighted by molar-refractivity contribution is 6.12. The van der Waals surface area contributed by atoms with Crippen LogP contribution in [-0.2, 0) is 0 Å². The van der Waals surface area contributed by atoms with Crippen molar-refractivity contribution in [3.63, 3.8) is 0 Å². The second-order valence-corrected chi connectivity index (χ2v) is 3.91. The van der Waals surface area contributed by atoms with E-state index in [1.165, 1.54) is 0 Å². The number of carboxylic acid groups (broad SMARTS) is 2. The van der Waals surface area contributed by atoms with Crippen molar-refractivity contribution in [3.8, 4) is 0 Å². The van der Waals surface area contributed by atoms with E-state index in [1.807, 2.05) is 0 Å². The molecule has 0 heterocycles. The van der Waals surface area contributed by atoms with Gasteiger partial charge in [0.15, 0.2) is 0 Å². The summed E-state index contributed by atoms with van der Waals surface area (Å²) in [7, 11) is 0. The lowest BCUT2D eigenvalue weighted by molar-refractivity contribution is 0.0688. The van der Waals surface area contributed by atoms with E-state index in [0.29, 0.717) is 0 Å². The number of carbonyl (C=O) groups is 4. The van der Waals surface area contributed by atoms with Crippen LogP contribution in [0.2, 0.25) is 0 Å². The van der Waals surface area contributed by atoms with Gasteiger partial charge < -0.3 is 20.8 Å². The van der Waals surface area contributed by atoms with Gasteiger partial charge in [0.1, 0.15) is 0 Å². The summed E-state index contributed by atoms with van der Waals surface area (Å²) in [5.74, 6) is -4.69. The van der Waals surface area contributed by atoms with Crippen molar-refractivity contribution in [2.45, 2.75) is 0 Å². The first-order chi connectivity index (χ1) is 10.3. The molecule has 0 atom stereocenters. The lowest BCUT2D eigenvalue weighted by Gasteiger charge is -2.11. The van der Waals surface area contributed by atoms with E-state index >= 15 is 0 Å². The van der Waals surface area contributed by atoms with E-state index in [1.54, 1.807) is 0 Å². The maximum absolute atomic E-state index is 11.8. The van der Waals surface area contributed by atoms with Crippen LogP contribution >= 0.6 is 0 Å². The van der Waals surface area contributed by atoms with Crippen molar-refractivity contribution in [1.29, 1.82) is 0 Å². The summed E-state index contributed by atoms with van der Waals surface area (Å²) in [6, 6.07) is 1.64. The number of benzene rings is 1. The number of amides is 2. The van der Waals surface area contributed by atoms with Crippen molar-refractivity contribution in [1.82, 2.24) is 10.6 Å². The number of nitrogens with one attached hydrogen (secondary N) is 2. The van der Waals surface area contributed by atoms with Crippen LogP contribution in [0.4, 0.5) is 0 Å². The Bertz CT molecular complexity index is 638. The second-order valence-electron chi connectivity index (χ2n) is 3.91. The molecule has 0 fully saturated rings. The van der Waals surface area contributed by atoms with Crippen molar-refractivity contribution < 1.29 is 29.4 Å². The van der Waals surface area contributed by atoms with Crippen LogP contribution < -0.4 is 10.6 Å². The van der Waals surface area contributed by atoms with Crippen LogP contribution in [-0.4, -0.2) is 34.0 Å². The van der Waals surface area contributed by atoms with E-state index in [0.717, 1.165) is 24.5 Å². The minimum atomic E-state index is -1.51. The fourth-order valence-corrected chi connectivity index (χ4v) is 1.67. The zero-order valence-electron chi connectivity index (χ0n) is 11.3. The average molecular weight is 304 g/mol. The van der Waals surface area contributed by atoms with Gasteiger partial charge in [-0.1, -0.05) is 13.2 Å². The maximum Gasteiger partial charge on any atom is 0.336 e. The van der Waals surface area contributed by atoms with Crippen LogP contribution in [0, 0.1) is 0 Å². The lowest BCUT2D eigenvalue weighted by Crippen LogP contribution is -2.25. The molecule has 1 rings (SSSR count). The number of carboxylic acids is 2. The fraction of sp³-hybridized carbons (Fsp3) is 0. The van der Waals surface area contributed by atoms with Gasteiger partial charge in [-0.2, -0.15) is 0 Å². The van der Waals surface area contributed by atoms with Crippen molar-refractivity contribution in [2.24, 2.45) is 0 Å². The molecule has 0 aliphatic carbocycles. The summed E-state index contributed by atoms with van der Waals surface area (Å²) in [5.41, 5.74) is -1.84. The molecule has 8 heteroatoms. The Hall–Kier alpha value is -3.42. The predicted molar refractivity (Wildman–Crippen MR) is 75.7 cm³/mol. The molecule has 0 bridgehead atoms. The van der Waals surface area contributed by atoms with Crippen LogP contribution in [0.15, 0.2) is 37.7 Å². The monoisotopic (exact) mass is 304 g/mol. The number of aromatic carboxylic acids is 2. The molecule has 0 aliphatic rings. The molecule has 8 nitrogen and oxygen atoms in total. The Kier molecular flexibility index (Phi) is 5.17. The highest BCUT2D eigenvalue weighted by Gasteiger charge is 2.24. The van der Waals surface area contributed by atoms with Crippen molar-refractivity contribution in [2.75, 3.05) is 0 Å². The van der Waals surface area contributed by atoms with Gasteiger partial charge in [0, 0.05) is 0 Å². The molecule has 114 valence electrons. The van der Waals surface area contributed by atoms with Crippen LogP contribution in [0.3, 0.4) is 0 Å². The number of hydrogen-bond acceptors (Lipinski definition) is 4. The number of rotatable bonds is 6. The van der Waals surface area contributed by atoms with Gasteiger partial charge >= 0.3 is 11.9 Å². The Morgan fingerprint density at radius 2 is 1.09 bits per heavy atom. The molecule has 0 aromatic heterocycles. The minimum Gasteiger partial charge on any atom is -0.478 e. The Labute approximate surface area is 124 Å². The summed E-state index contributed by atoms with van der Waals surface area (Å²) >= 11 is 0. The summed E-state index contributed by atoms with van der Waals surface area (Å²) in [5, 5.41) is 22.5. The zero-order chi connectivity index (χ0) is 16.9. The normalized spacial score (nSPS) is 9.45. The first kappa shape index (κ1) is 16.6. The van der Waals surface area contributed by atoms with Crippen molar-refractivity contribution >= 4 is 23.8 Å². The Morgan fingerprint density at radius 1 is 0.773 bits per heavy atom. The average Bonchev–Trinajstić information content (AvgIpc) is 2.46. The smallest absolute Gasteiger partial charge is 0.336 e. The lowest BCUT2D eigenvalue weighted by atomic mass is 9.97. The van der Waals surface area contributed by atoms with Gasteiger partial charge in [0.25, 0.3) is 11.8 Å². The van der Waals surface area contributed by atoms with Crippen molar-refractivity contribution in [3.05, 3.63) is 59.9 Å². The second kappa shape index (κ2) is 6.84. The summed E-state index contributed by atoms with van der Waals surface area (Å²) in [6.07, 6.45) is 2.06. The summed E-state index contributed by atoms with van der Waals surface area (Å²) in [4.78, 5) is 46.1. The number of carbonyl (C=O) groups excluding carboxylic acids is 2. The topological polar surface area (TPSA) is 133 Å². The molecule has 0 saturated carbocycles. The highest BCUT2D eigenvalue weighted by Crippen LogP contribution is 2.18. The minimum absolute atomic E-state index is 0.369. The van der Waals surface area contributed by atoms with E-state index in [2.05, 4.69) is 23.8 Å². The molecule has 0 unspecified atom stereocenters. The number of hydrogen-bond donors (Lipinski definition) is 4. The Morgan fingerprint density at radius 3 is 1.36 bits per heavy atom. The Balaban J connectivity index is 3.65. The molecule has 0 saturated heterocycles. The summed E-state index contributed by atoms with van der Waals surface area (Å²) < 4.78 is 0. The van der Waals surface area contributed by atoms with Gasteiger partial charge in [0.05, 0.1) is 22.3 Å². The van der Waals surface area contributed by atoms with Gasteiger partial charge in [0.2, 0.25) is 0 Å². The van der Waals surface area contributed by atoms with E-state index in [9.17, 15) is 19.2 Å². The van der Waals surface area contributed by atoms with Gasteiger partial charge in [-0.05, 0) is 24.5 Å². The quantitative estimate of drug-likeness (QED) is 0.615. The molecule has 4 N–H and O–H groups in total. The molecule has 0 spiro atoms. The fourth-order valence-electron chi connectivity index (χ4n) is 1.67. The van der Waals surface area contributed by atoms with Crippen LogP contribution in [0.25, 0.3) is 0 Å². The highest BCUT2D eigenvalue weighted by atomic mass is 16.4. The van der Waals surface area contributed by atoms with Crippen LogP contribution in [0.1, 0.15) is 41.4 Å². The zero-order valence-corrected chi connectivity index (χ0v) is 11.3. The van der Waals surface area contributed by atoms with E-state index < -0.39 is 34.9 Å². The third-order valence-corrected chi connectivity index (χ3v) is 2.57. The molecule has 1 aromatic carbocycles. The van der Waals surface area contributed by atoms with E-state index in [-0.39, 0.29) is 11.1 Å². The molecule has 2 amide bonds. The van der Waals surface area contributed by atoms with Crippen LogP contribution in [0.5, 0.6) is 0 Å².